The average molecular weight is 363 g/mol. The maximum absolute atomic E-state index is 10.3. The molecule has 0 fully saturated rings. The SMILES string of the molecule is C=C(C)c1ccc(-c2ccccc2C)cc1.CCF.Cc1ccc(C)cc1. The molecule has 1 heteroatoms. The second-order valence-corrected chi connectivity index (χ2v) is 6.59. The Morgan fingerprint density at radius 2 is 1.22 bits per heavy atom. The molecule has 3 rings (SSSR count). The van der Waals surface area contributed by atoms with Gasteiger partial charge in [0.25, 0.3) is 0 Å². The molecule has 0 saturated heterocycles. The molecule has 0 aliphatic rings. The summed E-state index contributed by atoms with van der Waals surface area (Å²) >= 11 is 0. The molecule has 142 valence electrons. The van der Waals surface area contributed by atoms with Gasteiger partial charge < -0.3 is 0 Å². The summed E-state index contributed by atoms with van der Waals surface area (Å²) in [5.74, 6) is 0. The van der Waals surface area contributed by atoms with E-state index < -0.39 is 0 Å². The van der Waals surface area contributed by atoms with Gasteiger partial charge in [0.15, 0.2) is 0 Å². The molecule has 0 unspecified atom stereocenters. The van der Waals surface area contributed by atoms with E-state index >= 15 is 0 Å². The predicted octanol–water partition coefficient (Wildman–Crippen LogP) is 7.97. The summed E-state index contributed by atoms with van der Waals surface area (Å²) in [5.41, 5.74) is 8.85. The van der Waals surface area contributed by atoms with Crippen molar-refractivity contribution in [3.8, 4) is 11.1 Å². The first kappa shape index (κ1) is 22.4. The fourth-order valence-electron chi connectivity index (χ4n) is 2.47. The van der Waals surface area contributed by atoms with Crippen LogP contribution in [0.15, 0.2) is 79.4 Å². The van der Waals surface area contributed by atoms with Crippen LogP contribution in [0.2, 0.25) is 0 Å². The van der Waals surface area contributed by atoms with Crippen molar-refractivity contribution in [2.75, 3.05) is 6.67 Å². The van der Waals surface area contributed by atoms with Gasteiger partial charge in [-0.05, 0) is 56.9 Å². The fraction of sp³-hybridized carbons (Fsp3) is 0.231. The Kier molecular flexibility index (Phi) is 9.82. The molecule has 0 heterocycles. The molecule has 0 N–H and O–H groups in total. The quantitative estimate of drug-likeness (QED) is 0.433. The molecule has 0 spiro atoms. The van der Waals surface area contributed by atoms with Gasteiger partial charge in [-0.2, -0.15) is 0 Å². The van der Waals surface area contributed by atoms with Crippen LogP contribution in [0.3, 0.4) is 0 Å². The van der Waals surface area contributed by atoms with Crippen LogP contribution in [0.25, 0.3) is 16.7 Å². The summed E-state index contributed by atoms with van der Waals surface area (Å²) in [6.45, 7) is 13.5. The van der Waals surface area contributed by atoms with Crippen molar-refractivity contribution in [3.63, 3.8) is 0 Å². The molecular formula is C26H31F. The van der Waals surface area contributed by atoms with Crippen molar-refractivity contribution in [2.45, 2.75) is 34.6 Å². The summed E-state index contributed by atoms with van der Waals surface area (Å²) in [5, 5.41) is 0. The minimum Gasteiger partial charge on any atom is -0.251 e. The van der Waals surface area contributed by atoms with E-state index in [0.29, 0.717) is 0 Å². The van der Waals surface area contributed by atoms with Crippen LogP contribution < -0.4 is 0 Å². The Morgan fingerprint density at radius 3 is 1.63 bits per heavy atom. The second-order valence-electron chi connectivity index (χ2n) is 6.59. The molecule has 3 aromatic carbocycles. The molecular weight excluding hydrogens is 331 g/mol. The van der Waals surface area contributed by atoms with Crippen LogP contribution in [-0.2, 0) is 0 Å². The van der Waals surface area contributed by atoms with E-state index in [1.165, 1.54) is 40.3 Å². The van der Waals surface area contributed by atoms with Crippen molar-refractivity contribution in [1.29, 1.82) is 0 Å². The zero-order valence-electron chi connectivity index (χ0n) is 17.2. The van der Waals surface area contributed by atoms with Gasteiger partial charge in [0, 0.05) is 0 Å². The van der Waals surface area contributed by atoms with Crippen LogP contribution in [0, 0.1) is 20.8 Å². The average Bonchev–Trinajstić information content (AvgIpc) is 2.66. The molecule has 0 atom stereocenters. The molecule has 0 bridgehead atoms. The third-order valence-corrected chi connectivity index (χ3v) is 4.05. The summed E-state index contributed by atoms with van der Waals surface area (Å²) in [6.07, 6.45) is 0. The third-order valence-electron chi connectivity index (χ3n) is 4.05. The van der Waals surface area contributed by atoms with Gasteiger partial charge in [-0.25, -0.2) is 0 Å². The van der Waals surface area contributed by atoms with Gasteiger partial charge in [0.05, 0.1) is 6.67 Å². The molecule has 0 saturated carbocycles. The van der Waals surface area contributed by atoms with Crippen molar-refractivity contribution in [1.82, 2.24) is 0 Å². The zero-order valence-corrected chi connectivity index (χ0v) is 17.2. The lowest BCUT2D eigenvalue weighted by molar-refractivity contribution is 0.527. The Hall–Kier alpha value is -2.67. The van der Waals surface area contributed by atoms with E-state index in [1.54, 1.807) is 0 Å². The van der Waals surface area contributed by atoms with Crippen molar-refractivity contribution in [3.05, 3.63) is 102 Å². The number of rotatable bonds is 2. The largest absolute Gasteiger partial charge is 0.251 e. The third kappa shape index (κ3) is 8.04. The lowest BCUT2D eigenvalue weighted by Gasteiger charge is -2.07. The first-order valence-corrected chi connectivity index (χ1v) is 9.30. The number of benzene rings is 3. The van der Waals surface area contributed by atoms with Crippen LogP contribution in [0.4, 0.5) is 4.39 Å². The maximum atomic E-state index is 10.3. The summed E-state index contributed by atoms with van der Waals surface area (Å²) < 4.78 is 10.3. The standard InChI is InChI=1S/C16H16.C8H10.C2H5F/c1-12(2)14-8-10-15(11-9-14)16-7-5-4-6-13(16)3;1-7-3-5-8(2)6-4-7;1-2-3/h4-11H,1H2,2-3H3;3-6H,1-2H3;2H2,1H3. The first-order valence-electron chi connectivity index (χ1n) is 9.30. The number of alkyl halides is 1. The monoisotopic (exact) mass is 362 g/mol. The predicted molar refractivity (Wildman–Crippen MR) is 119 cm³/mol. The van der Waals surface area contributed by atoms with Crippen LogP contribution in [0.1, 0.15) is 36.1 Å². The number of hydrogen-bond acceptors (Lipinski definition) is 0. The highest BCUT2D eigenvalue weighted by Gasteiger charge is 2.00. The van der Waals surface area contributed by atoms with Crippen LogP contribution >= 0.6 is 0 Å². The van der Waals surface area contributed by atoms with E-state index in [-0.39, 0.29) is 6.67 Å². The Labute approximate surface area is 164 Å². The van der Waals surface area contributed by atoms with Gasteiger partial charge in [0.1, 0.15) is 0 Å². The van der Waals surface area contributed by atoms with Gasteiger partial charge in [-0.15, -0.1) is 0 Å². The van der Waals surface area contributed by atoms with E-state index in [9.17, 15) is 4.39 Å². The highest BCUT2D eigenvalue weighted by Crippen LogP contribution is 2.24. The number of aryl methyl sites for hydroxylation is 3. The molecule has 0 nitrogen and oxygen atoms in total. The zero-order chi connectivity index (χ0) is 20.2. The topological polar surface area (TPSA) is 0 Å². The lowest BCUT2D eigenvalue weighted by Crippen LogP contribution is -1.83. The van der Waals surface area contributed by atoms with Gasteiger partial charge in [-0.1, -0.05) is 96.1 Å². The number of allylic oxidation sites excluding steroid dienone is 1. The molecule has 0 aliphatic heterocycles. The van der Waals surface area contributed by atoms with Gasteiger partial charge in [0.2, 0.25) is 0 Å². The van der Waals surface area contributed by atoms with Gasteiger partial charge in [-0.3, -0.25) is 4.39 Å². The van der Waals surface area contributed by atoms with Crippen molar-refractivity contribution < 1.29 is 4.39 Å². The highest BCUT2D eigenvalue weighted by molar-refractivity contribution is 5.70. The summed E-state index contributed by atoms with van der Waals surface area (Å²) in [7, 11) is 0. The Morgan fingerprint density at radius 1 is 0.778 bits per heavy atom. The first-order chi connectivity index (χ1) is 12.9. The molecule has 0 radical (unpaired) electrons. The highest BCUT2D eigenvalue weighted by atomic mass is 19.1. The van der Waals surface area contributed by atoms with Crippen molar-refractivity contribution >= 4 is 5.57 Å². The molecule has 27 heavy (non-hydrogen) atoms. The molecule has 0 amide bonds. The number of halogens is 1. The number of hydrogen-bond donors (Lipinski definition) is 0. The second kappa shape index (κ2) is 11.9. The Bertz CT molecular complexity index is 791. The minimum absolute atomic E-state index is 0.250. The molecule has 3 aromatic rings. The van der Waals surface area contributed by atoms with Crippen LogP contribution in [0.5, 0.6) is 0 Å². The van der Waals surface area contributed by atoms with Crippen LogP contribution in [-0.4, -0.2) is 6.67 Å². The summed E-state index contributed by atoms with van der Waals surface area (Å²) in [4.78, 5) is 0. The summed E-state index contributed by atoms with van der Waals surface area (Å²) in [6, 6.07) is 25.5. The molecule has 0 aliphatic carbocycles. The van der Waals surface area contributed by atoms with E-state index in [1.807, 2.05) is 6.92 Å². The Balaban J connectivity index is 0.000000277. The van der Waals surface area contributed by atoms with Crippen molar-refractivity contribution in [2.24, 2.45) is 0 Å². The molecule has 0 aromatic heterocycles. The maximum Gasteiger partial charge on any atom is 0.0866 e. The van der Waals surface area contributed by atoms with E-state index in [2.05, 4.69) is 100 Å². The van der Waals surface area contributed by atoms with Gasteiger partial charge >= 0.3 is 0 Å². The van der Waals surface area contributed by atoms with E-state index in [4.69, 9.17) is 0 Å². The fourth-order valence-corrected chi connectivity index (χ4v) is 2.47. The lowest BCUT2D eigenvalue weighted by atomic mass is 9.98. The normalized spacial score (nSPS) is 9.41. The minimum atomic E-state index is -0.250. The van der Waals surface area contributed by atoms with E-state index in [0.717, 1.165) is 5.57 Å². The smallest absolute Gasteiger partial charge is 0.0866 e.